The Bertz CT molecular complexity index is 968. The second kappa shape index (κ2) is 7.68. The molecule has 0 aliphatic carbocycles. The normalized spacial score (nSPS) is 15.7. The fraction of sp³-hybridized carbons (Fsp3) is 0.227. The van der Waals surface area contributed by atoms with Gasteiger partial charge in [0.25, 0.3) is 5.91 Å². The first-order valence-corrected chi connectivity index (χ1v) is 9.21. The molecule has 0 saturated heterocycles. The van der Waals surface area contributed by atoms with Crippen LogP contribution in [-0.2, 0) is 6.54 Å². The van der Waals surface area contributed by atoms with Gasteiger partial charge in [-0.2, -0.15) is 0 Å². The summed E-state index contributed by atoms with van der Waals surface area (Å²) in [6, 6.07) is 16.9. The van der Waals surface area contributed by atoms with Crippen LogP contribution in [0.1, 0.15) is 34.8 Å². The van der Waals surface area contributed by atoms with Crippen molar-refractivity contribution in [2.75, 3.05) is 19.0 Å². The molecular weight excluding hydrogens is 356 g/mol. The molecule has 28 heavy (non-hydrogen) atoms. The van der Waals surface area contributed by atoms with Crippen LogP contribution in [0.4, 0.5) is 5.69 Å². The van der Waals surface area contributed by atoms with E-state index in [9.17, 15) is 4.79 Å². The van der Waals surface area contributed by atoms with Crippen LogP contribution in [0.3, 0.4) is 0 Å². The molecule has 1 aromatic heterocycles. The lowest BCUT2D eigenvalue weighted by molar-refractivity contribution is 0.0651. The molecule has 0 fully saturated rings. The van der Waals surface area contributed by atoms with Crippen molar-refractivity contribution < 1.29 is 18.7 Å². The first-order chi connectivity index (χ1) is 13.7. The molecule has 1 atom stereocenters. The summed E-state index contributed by atoms with van der Waals surface area (Å²) in [4.78, 5) is 15.0. The number of hydrogen-bond acceptors (Lipinski definition) is 5. The highest BCUT2D eigenvalue weighted by atomic mass is 16.5. The zero-order valence-electron chi connectivity index (χ0n) is 15.8. The smallest absolute Gasteiger partial charge is 0.258 e. The number of furan rings is 1. The fourth-order valence-corrected chi connectivity index (χ4v) is 3.42. The van der Waals surface area contributed by atoms with E-state index in [4.69, 9.17) is 13.9 Å². The van der Waals surface area contributed by atoms with E-state index in [-0.39, 0.29) is 12.1 Å². The van der Waals surface area contributed by atoms with Crippen molar-refractivity contribution in [1.82, 2.24) is 4.90 Å². The lowest BCUT2D eigenvalue weighted by atomic mass is 10.0. The minimum atomic E-state index is -0.364. The lowest BCUT2D eigenvalue weighted by Gasteiger charge is -2.37. The maximum absolute atomic E-state index is 13.2. The summed E-state index contributed by atoms with van der Waals surface area (Å²) >= 11 is 0. The number of nitrogens with one attached hydrogen (secondary N) is 1. The van der Waals surface area contributed by atoms with Crippen molar-refractivity contribution in [2.24, 2.45) is 0 Å². The van der Waals surface area contributed by atoms with Crippen molar-refractivity contribution in [3.05, 3.63) is 77.7 Å². The molecule has 144 valence electrons. The molecule has 0 unspecified atom stereocenters. The summed E-state index contributed by atoms with van der Waals surface area (Å²) in [5.41, 5.74) is 2.35. The Morgan fingerprint density at radius 3 is 2.71 bits per heavy atom. The Labute approximate surface area is 163 Å². The molecule has 6 nitrogen and oxygen atoms in total. The van der Waals surface area contributed by atoms with Crippen LogP contribution in [0.15, 0.2) is 65.3 Å². The highest BCUT2D eigenvalue weighted by Gasteiger charge is 2.33. The van der Waals surface area contributed by atoms with Gasteiger partial charge < -0.3 is 24.1 Å². The van der Waals surface area contributed by atoms with E-state index in [1.807, 2.05) is 61.5 Å². The zero-order chi connectivity index (χ0) is 19.5. The molecule has 1 N–H and O–H groups in total. The fourth-order valence-electron chi connectivity index (χ4n) is 3.42. The minimum absolute atomic E-state index is 0.0522. The number of benzene rings is 2. The van der Waals surface area contributed by atoms with Crippen LogP contribution in [0.25, 0.3) is 0 Å². The number of hydrogen-bond donors (Lipinski definition) is 1. The quantitative estimate of drug-likeness (QED) is 0.686. The van der Waals surface area contributed by atoms with Gasteiger partial charge in [-0.05, 0) is 48.9 Å². The third-order valence-corrected chi connectivity index (χ3v) is 4.73. The first-order valence-electron chi connectivity index (χ1n) is 9.21. The predicted octanol–water partition coefficient (Wildman–Crippen LogP) is 4.45. The van der Waals surface area contributed by atoms with Crippen molar-refractivity contribution >= 4 is 11.6 Å². The second-order valence-electron chi connectivity index (χ2n) is 6.45. The zero-order valence-corrected chi connectivity index (χ0v) is 15.8. The summed E-state index contributed by atoms with van der Waals surface area (Å²) in [5.74, 6) is 1.97. The average Bonchev–Trinajstić information content (AvgIpc) is 3.24. The van der Waals surface area contributed by atoms with Crippen molar-refractivity contribution in [2.45, 2.75) is 19.6 Å². The Kier molecular flexibility index (Phi) is 4.93. The minimum Gasteiger partial charge on any atom is -0.493 e. The standard InChI is InChI=1S/C22H22N2O4/c1-3-27-19-11-10-15(13-20(19)26-2)21-23-18-9-5-4-8-17(18)22(25)24(21)14-16-7-6-12-28-16/h4-13,21,23H,3,14H2,1-2H3/t21-/m0/s1. The summed E-state index contributed by atoms with van der Waals surface area (Å²) in [6.07, 6.45) is 1.25. The average molecular weight is 378 g/mol. The van der Waals surface area contributed by atoms with E-state index < -0.39 is 0 Å². The van der Waals surface area contributed by atoms with Gasteiger partial charge in [-0.25, -0.2) is 0 Å². The Hall–Kier alpha value is -3.41. The SMILES string of the molecule is CCOc1ccc([C@H]2Nc3ccccc3C(=O)N2Cc2ccco2)cc1OC. The number of ether oxygens (including phenoxy) is 2. The summed E-state index contributed by atoms with van der Waals surface area (Å²) in [5, 5.41) is 3.48. The van der Waals surface area contributed by atoms with Gasteiger partial charge in [0.05, 0.1) is 32.1 Å². The molecular formula is C22H22N2O4. The van der Waals surface area contributed by atoms with Gasteiger partial charge in [0.2, 0.25) is 0 Å². The van der Waals surface area contributed by atoms with Gasteiger partial charge in [0.15, 0.2) is 11.5 Å². The van der Waals surface area contributed by atoms with Crippen LogP contribution in [0, 0.1) is 0 Å². The molecule has 3 aromatic rings. The van der Waals surface area contributed by atoms with Crippen LogP contribution in [0.2, 0.25) is 0 Å². The van der Waals surface area contributed by atoms with E-state index in [1.54, 1.807) is 18.3 Å². The van der Waals surface area contributed by atoms with Gasteiger partial charge in [0, 0.05) is 5.69 Å². The van der Waals surface area contributed by atoms with Gasteiger partial charge in [-0.3, -0.25) is 4.79 Å². The highest BCUT2D eigenvalue weighted by molar-refractivity contribution is 6.01. The van der Waals surface area contributed by atoms with Crippen LogP contribution < -0.4 is 14.8 Å². The molecule has 0 radical (unpaired) electrons. The Morgan fingerprint density at radius 2 is 1.96 bits per heavy atom. The van der Waals surface area contributed by atoms with Gasteiger partial charge >= 0.3 is 0 Å². The Balaban J connectivity index is 1.75. The summed E-state index contributed by atoms with van der Waals surface area (Å²) < 4.78 is 16.6. The van der Waals surface area contributed by atoms with E-state index >= 15 is 0 Å². The van der Waals surface area contributed by atoms with Crippen molar-refractivity contribution in [3.8, 4) is 11.5 Å². The monoisotopic (exact) mass is 378 g/mol. The molecule has 1 aliphatic heterocycles. The molecule has 0 spiro atoms. The third kappa shape index (κ3) is 3.29. The highest BCUT2D eigenvalue weighted by Crippen LogP contribution is 2.37. The topological polar surface area (TPSA) is 63.9 Å². The largest absolute Gasteiger partial charge is 0.493 e. The number of fused-ring (bicyclic) bond motifs is 1. The number of rotatable bonds is 6. The van der Waals surface area contributed by atoms with Gasteiger partial charge in [-0.15, -0.1) is 0 Å². The molecule has 6 heteroatoms. The maximum Gasteiger partial charge on any atom is 0.258 e. The molecule has 1 aliphatic rings. The molecule has 2 heterocycles. The third-order valence-electron chi connectivity index (χ3n) is 4.73. The lowest BCUT2D eigenvalue weighted by Crippen LogP contribution is -2.42. The first kappa shape index (κ1) is 18.0. The number of carbonyl (C=O) groups is 1. The van der Waals surface area contributed by atoms with Gasteiger partial charge in [0.1, 0.15) is 11.9 Å². The maximum atomic E-state index is 13.2. The van der Waals surface area contributed by atoms with E-state index in [1.165, 1.54) is 0 Å². The number of carbonyl (C=O) groups excluding carboxylic acids is 1. The summed E-state index contributed by atoms with van der Waals surface area (Å²) in [6.45, 7) is 2.83. The second-order valence-corrected chi connectivity index (χ2v) is 6.45. The van der Waals surface area contributed by atoms with E-state index in [2.05, 4.69) is 5.32 Å². The van der Waals surface area contributed by atoms with Gasteiger partial charge in [-0.1, -0.05) is 18.2 Å². The van der Waals surface area contributed by atoms with Crippen LogP contribution in [-0.4, -0.2) is 24.5 Å². The molecule has 0 bridgehead atoms. The van der Waals surface area contributed by atoms with Crippen molar-refractivity contribution in [3.63, 3.8) is 0 Å². The number of para-hydroxylation sites is 1. The van der Waals surface area contributed by atoms with Crippen LogP contribution in [0.5, 0.6) is 11.5 Å². The molecule has 1 amide bonds. The molecule has 0 saturated carbocycles. The number of amides is 1. The molecule has 4 rings (SSSR count). The molecule has 2 aromatic carbocycles. The van der Waals surface area contributed by atoms with E-state index in [0.717, 1.165) is 17.0 Å². The van der Waals surface area contributed by atoms with Crippen molar-refractivity contribution in [1.29, 1.82) is 0 Å². The summed E-state index contributed by atoms with van der Waals surface area (Å²) in [7, 11) is 1.61. The Morgan fingerprint density at radius 1 is 1.11 bits per heavy atom. The number of anilines is 1. The predicted molar refractivity (Wildman–Crippen MR) is 106 cm³/mol. The van der Waals surface area contributed by atoms with Crippen LogP contribution >= 0.6 is 0 Å². The van der Waals surface area contributed by atoms with E-state index in [0.29, 0.717) is 30.2 Å². The number of nitrogens with zero attached hydrogens (tertiary/aromatic N) is 1. The number of methoxy groups -OCH3 is 1.